The summed E-state index contributed by atoms with van der Waals surface area (Å²) in [6.07, 6.45) is -0.455. The van der Waals surface area contributed by atoms with Gasteiger partial charge in [0.25, 0.3) is 5.91 Å². The first-order chi connectivity index (χ1) is 6.91. The van der Waals surface area contributed by atoms with Gasteiger partial charge in [0.15, 0.2) is 0 Å². The normalized spacial score (nSPS) is 10.3. The van der Waals surface area contributed by atoms with Gasteiger partial charge in [-0.1, -0.05) is 0 Å². The molecule has 2 amide bonds. The number of amides is 2. The lowest BCUT2D eigenvalue weighted by Crippen LogP contribution is -2.40. The van der Waals surface area contributed by atoms with E-state index in [-0.39, 0.29) is 11.7 Å². The first-order valence-electron chi connectivity index (χ1n) is 4.25. The second-order valence-electron chi connectivity index (χ2n) is 3.22. The Morgan fingerprint density at radius 1 is 1.53 bits per heavy atom. The molecule has 0 fully saturated rings. The number of carboxylic acid groups (broad SMARTS) is 1. The number of nitrogens with zero attached hydrogens (tertiary/aromatic N) is 1. The molecule has 1 heterocycles. The summed E-state index contributed by atoms with van der Waals surface area (Å²) < 4.78 is 1.28. The molecule has 0 saturated heterocycles. The predicted molar refractivity (Wildman–Crippen MR) is 48.3 cm³/mol. The van der Waals surface area contributed by atoms with Crippen LogP contribution < -0.4 is 16.1 Å². The van der Waals surface area contributed by atoms with Gasteiger partial charge in [0.1, 0.15) is 11.8 Å². The van der Waals surface area contributed by atoms with Crippen LogP contribution in [0.25, 0.3) is 0 Å². The van der Waals surface area contributed by atoms with Crippen LogP contribution in [0.1, 0.15) is 30.4 Å². The smallest absolute Gasteiger partial charge is 0.326 e. The monoisotopic (exact) mass is 212 g/mol. The largest absolute Gasteiger partial charge is 0.530 e. The molecule has 0 radical (unpaired) electrons. The minimum absolute atomic E-state index is 0.113. The number of hydrogen-bond acceptors (Lipinski definition) is 4. The average molecular weight is 212 g/mol. The van der Waals surface area contributed by atoms with Crippen LogP contribution in [0.3, 0.4) is 0 Å². The molecule has 0 aliphatic rings. The molecule has 0 aromatic carbocycles. The van der Waals surface area contributed by atoms with E-state index in [4.69, 9.17) is 0 Å². The van der Waals surface area contributed by atoms with Crippen LogP contribution in [0.5, 0.6) is 0 Å². The molecule has 0 spiro atoms. The minimum atomic E-state index is -1.71. The highest BCUT2D eigenvalue weighted by molar-refractivity contribution is 6.00. The second-order valence-corrected chi connectivity index (χ2v) is 3.22. The van der Waals surface area contributed by atoms with Crippen LogP contribution >= 0.6 is 0 Å². The van der Waals surface area contributed by atoms with Gasteiger partial charge in [-0.25, -0.2) is 4.79 Å². The zero-order valence-electron chi connectivity index (χ0n) is 8.23. The fourth-order valence-electron chi connectivity index (χ4n) is 1.07. The van der Waals surface area contributed by atoms with E-state index >= 15 is 0 Å². The van der Waals surface area contributed by atoms with Crippen LogP contribution in [0.15, 0.2) is 11.0 Å². The number of aromatic nitrogens is 2. The van der Waals surface area contributed by atoms with Gasteiger partial charge < -0.3 is 20.2 Å². The van der Waals surface area contributed by atoms with Crippen molar-refractivity contribution in [2.45, 2.75) is 19.9 Å². The van der Waals surface area contributed by atoms with Crippen LogP contribution in [0, 0.1) is 0 Å². The molecular formula is C8H10N3O4-. The number of rotatable bonds is 2. The Labute approximate surface area is 84.7 Å². The Morgan fingerprint density at radius 2 is 2.13 bits per heavy atom. The van der Waals surface area contributed by atoms with Crippen LogP contribution in [0.4, 0.5) is 4.79 Å². The van der Waals surface area contributed by atoms with Crippen molar-refractivity contribution in [3.05, 3.63) is 22.4 Å². The van der Waals surface area contributed by atoms with E-state index < -0.39 is 17.7 Å². The van der Waals surface area contributed by atoms with Gasteiger partial charge >= 0.3 is 5.69 Å². The summed E-state index contributed by atoms with van der Waals surface area (Å²) in [5, 5.41) is 11.6. The summed E-state index contributed by atoms with van der Waals surface area (Å²) in [7, 11) is 0. The summed E-state index contributed by atoms with van der Waals surface area (Å²) in [5.74, 6) is -0.911. The van der Waals surface area contributed by atoms with E-state index in [9.17, 15) is 19.5 Å². The number of carbonyl (C=O) groups excluding carboxylic acids is 2. The first kappa shape index (κ1) is 11.0. The van der Waals surface area contributed by atoms with E-state index in [1.807, 2.05) is 0 Å². The van der Waals surface area contributed by atoms with E-state index in [0.717, 1.165) is 0 Å². The summed E-state index contributed by atoms with van der Waals surface area (Å²) in [6, 6.07) is -0.113. The Kier molecular flexibility index (Phi) is 2.93. The van der Waals surface area contributed by atoms with Crippen molar-refractivity contribution in [3.8, 4) is 0 Å². The average Bonchev–Trinajstić information content (AvgIpc) is 2.46. The van der Waals surface area contributed by atoms with E-state index in [2.05, 4.69) is 4.98 Å². The SMILES string of the molecule is CC(C)n1cc(C(=O)NC(=O)[O-])[nH]c1=O. The molecule has 7 nitrogen and oxygen atoms in total. The number of H-pyrrole nitrogens is 1. The fourth-order valence-corrected chi connectivity index (χ4v) is 1.07. The molecular weight excluding hydrogens is 202 g/mol. The third-order valence-corrected chi connectivity index (χ3v) is 1.76. The number of imide groups is 1. The summed E-state index contributed by atoms with van der Waals surface area (Å²) in [6.45, 7) is 3.52. The fraction of sp³-hybridized carbons (Fsp3) is 0.375. The summed E-state index contributed by atoms with van der Waals surface area (Å²) >= 11 is 0. The Hall–Kier alpha value is -2.05. The first-order valence-corrected chi connectivity index (χ1v) is 4.25. The quantitative estimate of drug-likeness (QED) is 0.644. The number of aromatic amines is 1. The Bertz CT molecular complexity index is 443. The van der Waals surface area contributed by atoms with Crippen molar-refractivity contribution >= 4 is 12.0 Å². The lowest BCUT2D eigenvalue weighted by atomic mass is 10.4. The third kappa shape index (κ3) is 2.46. The molecule has 1 aromatic heterocycles. The van der Waals surface area contributed by atoms with Crippen molar-refractivity contribution in [2.24, 2.45) is 0 Å². The van der Waals surface area contributed by atoms with Gasteiger partial charge in [-0.15, -0.1) is 0 Å². The van der Waals surface area contributed by atoms with Crippen molar-refractivity contribution in [1.82, 2.24) is 14.9 Å². The number of imidazole rings is 1. The van der Waals surface area contributed by atoms with Gasteiger partial charge in [0, 0.05) is 12.2 Å². The highest BCUT2D eigenvalue weighted by Crippen LogP contribution is 2.01. The topological polar surface area (TPSA) is 107 Å². The lowest BCUT2D eigenvalue weighted by molar-refractivity contribution is -0.249. The van der Waals surface area contributed by atoms with Gasteiger partial charge in [-0.3, -0.25) is 9.36 Å². The van der Waals surface area contributed by atoms with Crippen molar-refractivity contribution in [3.63, 3.8) is 0 Å². The minimum Gasteiger partial charge on any atom is -0.530 e. The highest BCUT2D eigenvalue weighted by atomic mass is 16.4. The van der Waals surface area contributed by atoms with Gasteiger partial charge in [0.05, 0.1) is 0 Å². The molecule has 82 valence electrons. The van der Waals surface area contributed by atoms with Crippen molar-refractivity contribution < 1.29 is 14.7 Å². The zero-order chi connectivity index (χ0) is 11.6. The number of hydrogen-bond donors (Lipinski definition) is 2. The van der Waals surface area contributed by atoms with E-state index in [1.54, 1.807) is 13.8 Å². The molecule has 0 saturated carbocycles. The zero-order valence-corrected chi connectivity index (χ0v) is 8.23. The third-order valence-electron chi connectivity index (χ3n) is 1.76. The van der Waals surface area contributed by atoms with Crippen molar-refractivity contribution in [1.29, 1.82) is 0 Å². The maximum Gasteiger partial charge on any atom is 0.326 e. The predicted octanol–water partition coefficient (Wildman–Crippen LogP) is -1.17. The van der Waals surface area contributed by atoms with Gasteiger partial charge in [-0.2, -0.15) is 0 Å². The molecule has 1 rings (SSSR count). The van der Waals surface area contributed by atoms with Gasteiger partial charge in [0.2, 0.25) is 0 Å². The van der Waals surface area contributed by atoms with Gasteiger partial charge in [-0.05, 0) is 13.8 Å². The molecule has 0 unspecified atom stereocenters. The molecule has 2 N–H and O–H groups in total. The van der Waals surface area contributed by atoms with E-state index in [1.165, 1.54) is 16.1 Å². The molecule has 15 heavy (non-hydrogen) atoms. The molecule has 1 aromatic rings. The summed E-state index contributed by atoms with van der Waals surface area (Å²) in [4.78, 5) is 34.7. The number of carbonyl (C=O) groups is 2. The molecule has 0 bridgehead atoms. The molecule has 7 heteroatoms. The molecule has 0 aliphatic heterocycles. The van der Waals surface area contributed by atoms with E-state index in [0.29, 0.717) is 0 Å². The molecule has 0 atom stereocenters. The standard InChI is InChI=1S/C8H11N3O4/c1-4(2)11-3-5(9-7(11)13)6(12)10-8(14)15/h3-4H,1-2H3,(H,9,13)(H,10,12)(H,14,15)/p-1. The lowest BCUT2D eigenvalue weighted by Gasteiger charge is -2.03. The number of nitrogens with one attached hydrogen (secondary N) is 2. The highest BCUT2D eigenvalue weighted by Gasteiger charge is 2.12. The van der Waals surface area contributed by atoms with Crippen LogP contribution in [-0.2, 0) is 0 Å². The maximum atomic E-state index is 11.2. The molecule has 0 aliphatic carbocycles. The van der Waals surface area contributed by atoms with Crippen LogP contribution in [-0.4, -0.2) is 21.6 Å². The Morgan fingerprint density at radius 3 is 2.53 bits per heavy atom. The van der Waals surface area contributed by atoms with Crippen molar-refractivity contribution in [2.75, 3.05) is 0 Å². The van der Waals surface area contributed by atoms with Crippen LogP contribution in [0.2, 0.25) is 0 Å². The second kappa shape index (κ2) is 3.99. The Balaban J connectivity index is 2.97. The summed E-state index contributed by atoms with van der Waals surface area (Å²) in [5.41, 5.74) is -0.577. The maximum absolute atomic E-state index is 11.2.